The van der Waals surface area contributed by atoms with Gasteiger partial charge in [0.15, 0.2) is 0 Å². The Morgan fingerprint density at radius 2 is 1.94 bits per heavy atom. The fourth-order valence-corrected chi connectivity index (χ4v) is 2.50. The van der Waals surface area contributed by atoms with Gasteiger partial charge in [0.05, 0.1) is 0 Å². The third-order valence-corrected chi connectivity index (χ3v) is 4.15. The van der Waals surface area contributed by atoms with Gasteiger partial charge in [-0.1, -0.05) is 70.8 Å². The van der Waals surface area contributed by atoms with Crippen LogP contribution in [0.15, 0.2) is 23.8 Å². The first-order valence-corrected chi connectivity index (χ1v) is 8.01. The summed E-state index contributed by atoms with van der Waals surface area (Å²) in [4.78, 5) is 0. The fraction of sp³-hybridized carbons (Fsp3) is 0.778. The minimum Gasteiger partial charge on any atom is -0.0877 e. The zero-order chi connectivity index (χ0) is 13.4. The van der Waals surface area contributed by atoms with E-state index in [2.05, 4.69) is 45.9 Å². The lowest BCUT2D eigenvalue weighted by atomic mass is 9.75. The van der Waals surface area contributed by atoms with Gasteiger partial charge in [0.25, 0.3) is 0 Å². The molecule has 0 bridgehead atoms. The first-order chi connectivity index (χ1) is 8.65. The molecule has 104 valence electrons. The summed E-state index contributed by atoms with van der Waals surface area (Å²) in [6.45, 7) is 9.18. The summed E-state index contributed by atoms with van der Waals surface area (Å²) in [6, 6.07) is 0. The standard InChI is InChI=1S/C13H24.C5H8/c1-4-5-6-10-13(11(2)3)12-8-7-9-12;1-5-3-2-4-5/h10-12H,4-9H2,1-3H3;2-3,5H,4H2,1H3/b13-10-;. The van der Waals surface area contributed by atoms with Crippen LogP contribution in [0.3, 0.4) is 0 Å². The van der Waals surface area contributed by atoms with Crippen LogP contribution in [0.4, 0.5) is 0 Å². The lowest BCUT2D eigenvalue weighted by Gasteiger charge is -2.30. The molecule has 0 aromatic rings. The molecule has 0 N–H and O–H groups in total. The summed E-state index contributed by atoms with van der Waals surface area (Å²) < 4.78 is 0. The van der Waals surface area contributed by atoms with Gasteiger partial charge < -0.3 is 0 Å². The van der Waals surface area contributed by atoms with Crippen LogP contribution in [-0.4, -0.2) is 0 Å². The number of rotatable bonds is 5. The first kappa shape index (κ1) is 15.5. The van der Waals surface area contributed by atoms with Crippen molar-refractivity contribution < 1.29 is 0 Å². The maximum atomic E-state index is 2.53. The lowest BCUT2D eigenvalue weighted by Crippen LogP contribution is -2.17. The molecule has 0 aromatic heterocycles. The van der Waals surface area contributed by atoms with Gasteiger partial charge >= 0.3 is 0 Å². The molecule has 2 aliphatic carbocycles. The van der Waals surface area contributed by atoms with Crippen LogP contribution < -0.4 is 0 Å². The van der Waals surface area contributed by atoms with Crippen LogP contribution in [0.5, 0.6) is 0 Å². The first-order valence-electron chi connectivity index (χ1n) is 8.01. The number of hydrogen-bond acceptors (Lipinski definition) is 0. The van der Waals surface area contributed by atoms with Gasteiger partial charge in [0.2, 0.25) is 0 Å². The van der Waals surface area contributed by atoms with Gasteiger partial charge in [0.1, 0.15) is 0 Å². The van der Waals surface area contributed by atoms with Crippen LogP contribution in [0.2, 0.25) is 0 Å². The van der Waals surface area contributed by atoms with Gasteiger partial charge in [0, 0.05) is 0 Å². The molecular weight excluding hydrogens is 216 g/mol. The monoisotopic (exact) mass is 248 g/mol. The molecular formula is C18H32. The molecule has 0 amide bonds. The molecule has 1 fully saturated rings. The molecule has 1 saturated carbocycles. The van der Waals surface area contributed by atoms with Crippen LogP contribution in [0.1, 0.15) is 72.6 Å². The molecule has 0 aliphatic heterocycles. The fourth-order valence-electron chi connectivity index (χ4n) is 2.50. The van der Waals surface area contributed by atoms with E-state index in [0.717, 1.165) is 17.8 Å². The van der Waals surface area contributed by atoms with E-state index >= 15 is 0 Å². The summed E-state index contributed by atoms with van der Waals surface area (Å²) in [5.41, 5.74) is 1.75. The summed E-state index contributed by atoms with van der Waals surface area (Å²) in [7, 11) is 0. The summed E-state index contributed by atoms with van der Waals surface area (Å²) in [6.07, 6.45) is 16.6. The predicted molar refractivity (Wildman–Crippen MR) is 82.7 cm³/mol. The average Bonchev–Trinajstić information content (AvgIpc) is 2.23. The second-order valence-electron chi connectivity index (χ2n) is 6.27. The van der Waals surface area contributed by atoms with Crippen molar-refractivity contribution in [1.29, 1.82) is 0 Å². The van der Waals surface area contributed by atoms with E-state index in [1.165, 1.54) is 44.9 Å². The highest BCUT2D eigenvalue weighted by molar-refractivity contribution is 5.11. The lowest BCUT2D eigenvalue weighted by molar-refractivity contribution is 0.343. The SMILES string of the molecule is CC1C=CC1.CCCC/C=C(/C(C)C)C1CCC1. The van der Waals surface area contributed by atoms with Crippen molar-refractivity contribution in [1.82, 2.24) is 0 Å². The summed E-state index contributed by atoms with van der Waals surface area (Å²) >= 11 is 0. The molecule has 1 unspecified atom stereocenters. The highest BCUT2D eigenvalue weighted by atomic mass is 14.3. The van der Waals surface area contributed by atoms with Gasteiger partial charge in [-0.3, -0.25) is 0 Å². The third kappa shape index (κ3) is 5.42. The molecule has 0 radical (unpaired) electrons. The van der Waals surface area contributed by atoms with Crippen molar-refractivity contribution in [3.63, 3.8) is 0 Å². The van der Waals surface area contributed by atoms with Gasteiger partial charge in [-0.05, 0) is 43.4 Å². The normalized spacial score (nSPS) is 23.2. The van der Waals surface area contributed by atoms with Crippen LogP contribution in [0.25, 0.3) is 0 Å². The summed E-state index contributed by atoms with van der Waals surface area (Å²) in [5, 5.41) is 0. The van der Waals surface area contributed by atoms with E-state index < -0.39 is 0 Å². The third-order valence-electron chi connectivity index (χ3n) is 4.15. The molecule has 0 heterocycles. The Bertz CT molecular complexity index is 266. The van der Waals surface area contributed by atoms with Crippen LogP contribution in [0, 0.1) is 17.8 Å². The molecule has 2 aliphatic rings. The Balaban J connectivity index is 0.000000269. The number of hydrogen-bond donors (Lipinski definition) is 0. The largest absolute Gasteiger partial charge is 0.0877 e. The molecule has 0 aromatic carbocycles. The van der Waals surface area contributed by atoms with Crippen molar-refractivity contribution >= 4 is 0 Å². The highest BCUT2D eigenvalue weighted by Crippen LogP contribution is 2.36. The molecule has 2 rings (SSSR count). The highest BCUT2D eigenvalue weighted by Gasteiger charge is 2.22. The topological polar surface area (TPSA) is 0 Å². The van der Waals surface area contributed by atoms with Gasteiger partial charge in [-0.2, -0.15) is 0 Å². The quantitative estimate of drug-likeness (QED) is 0.405. The maximum absolute atomic E-state index is 2.53. The molecule has 0 nitrogen and oxygen atoms in total. The van der Waals surface area contributed by atoms with E-state index in [-0.39, 0.29) is 0 Å². The molecule has 18 heavy (non-hydrogen) atoms. The molecule has 0 saturated heterocycles. The van der Waals surface area contributed by atoms with E-state index in [1.807, 2.05) is 0 Å². The van der Waals surface area contributed by atoms with Crippen molar-refractivity contribution in [3.05, 3.63) is 23.8 Å². The van der Waals surface area contributed by atoms with Crippen molar-refractivity contribution in [2.45, 2.75) is 72.6 Å². The molecule has 0 spiro atoms. The number of allylic oxidation sites excluding steroid dienone is 4. The molecule has 1 atom stereocenters. The van der Waals surface area contributed by atoms with E-state index in [9.17, 15) is 0 Å². The van der Waals surface area contributed by atoms with Crippen molar-refractivity contribution in [2.24, 2.45) is 17.8 Å². The Kier molecular flexibility index (Phi) is 7.39. The predicted octanol–water partition coefficient (Wildman–Crippen LogP) is 6.14. The Hall–Kier alpha value is -0.520. The zero-order valence-electron chi connectivity index (χ0n) is 12.9. The zero-order valence-corrected chi connectivity index (χ0v) is 12.9. The minimum absolute atomic E-state index is 0.780. The van der Waals surface area contributed by atoms with E-state index in [4.69, 9.17) is 0 Å². The second kappa shape index (κ2) is 8.56. The van der Waals surface area contributed by atoms with Crippen molar-refractivity contribution in [3.8, 4) is 0 Å². The average molecular weight is 248 g/mol. The molecule has 0 heteroatoms. The minimum atomic E-state index is 0.780. The Labute approximate surface area is 115 Å². The Morgan fingerprint density at radius 3 is 2.22 bits per heavy atom. The summed E-state index contributed by atoms with van der Waals surface area (Å²) in [5.74, 6) is 2.62. The smallest absolute Gasteiger partial charge is 0.0201 e. The number of unbranched alkanes of at least 4 members (excludes halogenated alkanes) is 2. The van der Waals surface area contributed by atoms with Crippen molar-refractivity contribution in [2.75, 3.05) is 0 Å². The van der Waals surface area contributed by atoms with E-state index in [0.29, 0.717) is 0 Å². The van der Waals surface area contributed by atoms with Gasteiger partial charge in [-0.25, -0.2) is 0 Å². The van der Waals surface area contributed by atoms with Crippen LogP contribution >= 0.6 is 0 Å². The van der Waals surface area contributed by atoms with Gasteiger partial charge in [-0.15, -0.1) is 0 Å². The maximum Gasteiger partial charge on any atom is -0.0201 e. The van der Waals surface area contributed by atoms with E-state index in [1.54, 1.807) is 5.57 Å². The second-order valence-corrected chi connectivity index (χ2v) is 6.27. The van der Waals surface area contributed by atoms with Crippen LogP contribution in [-0.2, 0) is 0 Å². The Morgan fingerprint density at radius 1 is 1.33 bits per heavy atom.